The van der Waals surface area contributed by atoms with Gasteiger partial charge in [0.25, 0.3) is 0 Å². The molecule has 3 heterocycles. The minimum atomic E-state index is 0.284. The third-order valence-electron chi connectivity index (χ3n) is 5.42. The van der Waals surface area contributed by atoms with E-state index in [0.29, 0.717) is 12.4 Å². The second kappa shape index (κ2) is 7.94. The van der Waals surface area contributed by atoms with Crippen molar-refractivity contribution in [1.29, 1.82) is 0 Å². The highest BCUT2D eigenvalue weighted by Gasteiger charge is 2.25. The van der Waals surface area contributed by atoms with Gasteiger partial charge < -0.3 is 10.5 Å². The second-order valence-electron chi connectivity index (χ2n) is 7.47. The summed E-state index contributed by atoms with van der Waals surface area (Å²) in [4.78, 5) is 11.7. The Morgan fingerprint density at radius 3 is 2.90 bits per heavy atom. The maximum atomic E-state index is 6.39. The molecule has 2 aromatic carbocycles. The lowest BCUT2D eigenvalue weighted by molar-refractivity contribution is 0.0254. The molecular formula is C23H23N3OS2. The molecule has 0 saturated heterocycles. The minimum absolute atomic E-state index is 0.284. The number of hydrogen-bond donors (Lipinski definition) is 1. The summed E-state index contributed by atoms with van der Waals surface area (Å²) in [5.74, 6) is 1.42. The van der Waals surface area contributed by atoms with Crippen LogP contribution in [0.4, 0.5) is 5.82 Å². The molecule has 1 aliphatic heterocycles. The molecule has 2 N–H and O–H groups in total. The van der Waals surface area contributed by atoms with E-state index in [9.17, 15) is 0 Å². The summed E-state index contributed by atoms with van der Waals surface area (Å²) in [6.07, 6.45) is 3.41. The Balaban J connectivity index is 1.39. The van der Waals surface area contributed by atoms with Crippen LogP contribution in [0.15, 0.2) is 47.6 Å². The maximum absolute atomic E-state index is 6.39. The van der Waals surface area contributed by atoms with Gasteiger partial charge in [0.05, 0.1) is 18.1 Å². The molecule has 0 aliphatic carbocycles. The van der Waals surface area contributed by atoms with E-state index < -0.39 is 0 Å². The van der Waals surface area contributed by atoms with Crippen molar-refractivity contribution in [3.63, 3.8) is 0 Å². The molecule has 2 aromatic heterocycles. The van der Waals surface area contributed by atoms with Crippen LogP contribution in [0.25, 0.3) is 21.0 Å². The number of ether oxygens (including phenoxy) is 1. The summed E-state index contributed by atoms with van der Waals surface area (Å²) in [6, 6.07) is 15.0. The molecule has 0 fully saturated rings. The van der Waals surface area contributed by atoms with E-state index in [0.717, 1.165) is 40.4 Å². The third kappa shape index (κ3) is 3.72. The summed E-state index contributed by atoms with van der Waals surface area (Å²) in [5.41, 5.74) is 8.96. The van der Waals surface area contributed by atoms with Gasteiger partial charge >= 0.3 is 0 Å². The van der Waals surface area contributed by atoms with E-state index >= 15 is 0 Å². The summed E-state index contributed by atoms with van der Waals surface area (Å²) in [7, 11) is 0. The summed E-state index contributed by atoms with van der Waals surface area (Å²) < 4.78 is 6.00. The molecule has 0 unspecified atom stereocenters. The van der Waals surface area contributed by atoms with Crippen LogP contribution in [0, 0.1) is 0 Å². The predicted molar refractivity (Wildman–Crippen MR) is 123 cm³/mol. The second-order valence-corrected chi connectivity index (χ2v) is 9.50. The van der Waals surface area contributed by atoms with Crippen LogP contribution in [0.3, 0.4) is 0 Å². The summed E-state index contributed by atoms with van der Waals surface area (Å²) in [6.45, 7) is 2.86. The molecule has 0 saturated carbocycles. The first-order valence-corrected chi connectivity index (χ1v) is 11.8. The first kappa shape index (κ1) is 18.9. The smallest absolute Gasteiger partial charge is 0.191 e. The number of rotatable bonds is 5. The van der Waals surface area contributed by atoms with Crippen LogP contribution in [-0.2, 0) is 23.5 Å². The first-order chi connectivity index (χ1) is 14.2. The Kier molecular flexibility index (Phi) is 5.16. The quantitative estimate of drug-likeness (QED) is 0.318. The van der Waals surface area contributed by atoms with Gasteiger partial charge in [-0.05, 0) is 28.3 Å². The number of thiophene rings is 1. The van der Waals surface area contributed by atoms with Crippen LogP contribution in [-0.4, -0.2) is 16.1 Å². The van der Waals surface area contributed by atoms with Gasteiger partial charge in [-0.1, -0.05) is 67.6 Å². The summed E-state index contributed by atoms with van der Waals surface area (Å²) >= 11 is 3.34. The number of fused-ring (bicyclic) bond motifs is 4. The molecule has 4 nitrogen and oxygen atoms in total. The van der Waals surface area contributed by atoms with Crippen LogP contribution in [0.2, 0.25) is 0 Å². The topological polar surface area (TPSA) is 61.0 Å². The van der Waals surface area contributed by atoms with Gasteiger partial charge in [-0.25, -0.2) is 9.97 Å². The molecule has 0 bridgehead atoms. The lowest BCUT2D eigenvalue weighted by Crippen LogP contribution is -2.21. The van der Waals surface area contributed by atoms with Crippen molar-refractivity contribution in [3.05, 3.63) is 58.5 Å². The van der Waals surface area contributed by atoms with E-state index in [1.807, 2.05) is 0 Å². The number of hydrogen-bond acceptors (Lipinski definition) is 6. The number of nitrogens with two attached hydrogens (primary N) is 1. The number of nitrogen functional groups attached to an aromatic ring is 1. The van der Waals surface area contributed by atoms with Crippen molar-refractivity contribution in [2.75, 3.05) is 5.73 Å². The van der Waals surface area contributed by atoms with Gasteiger partial charge in [0.1, 0.15) is 10.6 Å². The molecule has 1 aliphatic rings. The molecule has 0 radical (unpaired) electrons. The van der Waals surface area contributed by atoms with Crippen molar-refractivity contribution in [3.8, 4) is 0 Å². The van der Waals surface area contributed by atoms with Crippen molar-refractivity contribution in [2.24, 2.45) is 0 Å². The zero-order valence-electron chi connectivity index (χ0n) is 16.4. The number of thioether (sulfide) groups is 1. The number of benzene rings is 2. The van der Waals surface area contributed by atoms with Crippen molar-refractivity contribution in [1.82, 2.24) is 9.97 Å². The fourth-order valence-corrected chi connectivity index (χ4v) is 5.96. The molecule has 5 rings (SSSR count). The Bertz CT molecular complexity index is 1190. The zero-order valence-corrected chi connectivity index (χ0v) is 18.0. The maximum Gasteiger partial charge on any atom is 0.191 e. The van der Waals surface area contributed by atoms with Crippen molar-refractivity contribution < 1.29 is 4.74 Å². The average molecular weight is 422 g/mol. The molecule has 0 spiro atoms. The van der Waals surface area contributed by atoms with E-state index in [-0.39, 0.29) is 6.10 Å². The van der Waals surface area contributed by atoms with Crippen LogP contribution in [0.1, 0.15) is 35.8 Å². The number of aromatic nitrogens is 2. The van der Waals surface area contributed by atoms with Crippen molar-refractivity contribution in [2.45, 2.75) is 49.8 Å². The lowest BCUT2D eigenvalue weighted by Gasteiger charge is -2.22. The minimum Gasteiger partial charge on any atom is -0.383 e. The number of nitrogens with zero attached hydrogens (tertiary/aromatic N) is 2. The molecule has 0 amide bonds. The largest absolute Gasteiger partial charge is 0.383 e. The lowest BCUT2D eigenvalue weighted by atomic mass is 10.0. The van der Waals surface area contributed by atoms with Crippen LogP contribution >= 0.6 is 23.1 Å². The molecular weight excluding hydrogens is 398 g/mol. The van der Waals surface area contributed by atoms with Gasteiger partial charge in [-0.2, -0.15) is 0 Å². The highest BCUT2D eigenvalue weighted by Crippen LogP contribution is 2.39. The van der Waals surface area contributed by atoms with Crippen LogP contribution in [0.5, 0.6) is 0 Å². The van der Waals surface area contributed by atoms with Crippen LogP contribution < -0.4 is 5.73 Å². The van der Waals surface area contributed by atoms with E-state index in [1.54, 1.807) is 23.1 Å². The Morgan fingerprint density at radius 2 is 2.03 bits per heavy atom. The highest BCUT2D eigenvalue weighted by atomic mass is 32.2. The standard InChI is InChI=1S/C23H23N3OS2/c1-2-5-17-11-18-19(12-27-17)29-22-20(18)21(24)25-23(26-22)28-13-14-8-9-15-6-3-4-7-16(15)10-14/h3-4,6-10,17H,2,5,11-13H2,1H3,(H2,24,25,26)/t17-/m1/s1. The normalized spacial score (nSPS) is 16.4. The Morgan fingerprint density at radius 1 is 1.17 bits per heavy atom. The fourth-order valence-electron chi connectivity index (χ4n) is 3.97. The van der Waals surface area contributed by atoms with E-state index in [4.69, 9.17) is 15.5 Å². The number of anilines is 1. The molecule has 148 valence electrons. The van der Waals surface area contributed by atoms with Gasteiger partial charge in [-0.3, -0.25) is 0 Å². The monoisotopic (exact) mass is 421 g/mol. The van der Waals surface area contributed by atoms with E-state index in [1.165, 1.54) is 26.8 Å². The SMILES string of the molecule is CCC[C@@H]1Cc2c(sc3nc(SCc4ccc5ccccc5c4)nc(N)c23)CO1. The average Bonchev–Trinajstić information content (AvgIpc) is 3.10. The van der Waals surface area contributed by atoms with Gasteiger partial charge in [0.2, 0.25) is 0 Å². The predicted octanol–water partition coefficient (Wildman–Crippen LogP) is 5.96. The molecule has 1 atom stereocenters. The van der Waals surface area contributed by atoms with Gasteiger partial charge in [-0.15, -0.1) is 11.3 Å². The summed E-state index contributed by atoms with van der Waals surface area (Å²) in [5, 5.41) is 4.31. The van der Waals surface area contributed by atoms with Crippen molar-refractivity contribution >= 4 is 49.9 Å². The fraction of sp³-hybridized carbons (Fsp3) is 0.304. The molecule has 4 aromatic rings. The Hall–Kier alpha value is -2.15. The van der Waals surface area contributed by atoms with Gasteiger partial charge in [0, 0.05) is 17.1 Å². The zero-order chi connectivity index (χ0) is 19.8. The highest BCUT2D eigenvalue weighted by molar-refractivity contribution is 7.98. The molecule has 6 heteroatoms. The Labute approximate surface area is 178 Å². The first-order valence-electron chi connectivity index (χ1n) is 10.0. The van der Waals surface area contributed by atoms with Gasteiger partial charge in [0.15, 0.2) is 5.16 Å². The molecule has 29 heavy (non-hydrogen) atoms. The third-order valence-corrected chi connectivity index (χ3v) is 7.43. The van der Waals surface area contributed by atoms with E-state index in [2.05, 4.69) is 54.4 Å².